The molecule has 3 aromatic heterocycles. The first kappa shape index (κ1) is 24.8. The van der Waals surface area contributed by atoms with Gasteiger partial charge in [0, 0.05) is 63.3 Å². The van der Waals surface area contributed by atoms with Crippen molar-refractivity contribution < 1.29 is 4.42 Å². The van der Waals surface area contributed by atoms with Gasteiger partial charge in [-0.05, 0) is 55.0 Å². The molecule has 7 rings (SSSR count). The van der Waals surface area contributed by atoms with Gasteiger partial charge in [0.1, 0.15) is 0 Å². The Kier molecular flexibility index (Phi) is 6.92. The fourth-order valence-electron chi connectivity index (χ4n) is 6.07. The fraction of sp³-hybridized carbons (Fsp3) is 0.344. The van der Waals surface area contributed by atoms with E-state index in [2.05, 4.69) is 75.4 Å². The Morgan fingerprint density at radius 2 is 1.52 bits per heavy atom. The summed E-state index contributed by atoms with van der Waals surface area (Å²) in [6, 6.07) is 25.3. The molecule has 5 aromatic rings. The van der Waals surface area contributed by atoms with E-state index in [1.54, 1.807) is 6.26 Å². The molecule has 8 nitrogen and oxygen atoms in total. The van der Waals surface area contributed by atoms with Crippen LogP contribution in [0.1, 0.15) is 24.0 Å². The number of furan rings is 1. The number of para-hydroxylation sites is 1. The summed E-state index contributed by atoms with van der Waals surface area (Å²) in [7, 11) is 0. The highest BCUT2D eigenvalue weighted by molar-refractivity contribution is 5.58. The maximum atomic E-state index is 5.66. The zero-order valence-electron chi connectivity index (χ0n) is 22.8. The highest BCUT2D eigenvalue weighted by atomic mass is 16.3. The van der Waals surface area contributed by atoms with Gasteiger partial charge in [0.05, 0.1) is 6.26 Å². The van der Waals surface area contributed by atoms with Gasteiger partial charge in [-0.1, -0.05) is 48.5 Å². The topological polar surface area (TPSA) is 65.9 Å². The Labute approximate surface area is 234 Å². The monoisotopic (exact) mass is 533 g/mol. The van der Waals surface area contributed by atoms with Crippen LogP contribution in [0.4, 0.5) is 11.6 Å². The number of rotatable bonds is 7. The minimum absolute atomic E-state index is 0.605. The van der Waals surface area contributed by atoms with Gasteiger partial charge in [0.25, 0.3) is 0 Å². The normalized spacial score (nSPS) is 17.1. The molecular weight excluding hydrogens is 498 g/mol. The summed E-state index contributed by atoms with van der Waals surface area (Å²) in [6.45, 7) is 6.75. The minimum atomic E-state index is 0.605. The molecule has 0 unspecified atom stereocenters. The summed E-state index contributed by atoms with van der Waals surface area (Å²) >= 11 is 0. The lowest BCUT2D eigenvalue weighted by Gasteiger charge is -2.36. The number of piperidine rings is 1. The lowest BCUT2D eigenvalue weighted by molar-refractivity contribution is 0.250. The summed E-state index contributed by atoms with van der Waals surface area (Å²) in [5.74, 6) is 2.85. The maximum Gasteiger partial charge on any atom is 0.228 e. The number of hydrogen-bond donors (Lipinski definition) is 0. The molecule has 2 aliphatic heterocycles. The summed E-state index contributed by atoms with van der Waals surface area (Å²) in [6.07, 6.45) is 7.12. The molecule has 0 spiro atoms. The lowest BCUT2D eigenvalue weighted by atomic mass is 9.90. The highest BCUT2D eigenvalue weighted by Crippen LogP contribution is 2.28. The van der Waals surface area contributed by atoms with Crippen LogP contribution in [0.2, 0.25) is 0 Å². The average Bonchev–Trinajstić information content (AvgIpc) is 3.71. The Balaban J connectivity index is 1.09. The van der Waals surface area contributed by atoms with Crippen molar-refractivity contribution in [2.45, 2.75) is 25.8 Å². The zero-order valence-corrected chi connectivity index (χ0v) is 22.8. The first-order valence-electron chi connectivity index (χ1n) is 14.4. The third-order valence-electron chi connectivity index (χ3n) is 8.31. The molecule has 8 heteroatoms. The molecular formula is C32H35N7O. The highest BCUT2D eigenvalue weighted by Gasteiger charge is 2.26. The van der Waals surface area contributed by atoms with Crippen molar-refractivity contribution >= 4 is 17.3 Å². The number of hydrogen-bond acceptors (Lipinski definition) is 7. The molecule has 0 radical (unpaired) electrons. The van der Waals surface area contributed by atoms with Crippen molar-refractivity contribution in [2.75, 3.05) is 49.1 Å². The number of benzene rings is 2. The van der Waals surface area contributed by atoms with E-state index in [-0.39, 0.29) is 0 Å². The van der Waals surface area contributed by atoms with Gasteiger partial charge in [-0.25, -0.2) is 9.97 Å². The van der Waals surface area contributed by atoms with Crippen LogP contribution in [0.5, 0.6) is 0 Å². The van der Waals surface area contributed by atoms with Crippen molar-refractivity contribution in [1.29, 1.82) is 0 Å². The van der Waals surface area contributed by atoms with E-state index in [1.807, 2.05) is 22.8 Å². The SMILES string of the molecule is c1ccc(CC2CCN(c3ncc(CN4CCN(c5ccccc5)CC4)c4nc(-c5ccco5)nn34)CC2)cc1. The number of piperazine rings is 1. The maximum absolute atomic E-state index is 5.66. The molecule has 0 aliphatic carbocycles. The molecule has 40 heavy (non-hydrogen) atoms. The van der Waals surface area contributed by atoms with Crippen molar-refractivity contribution in [1.82, 2.24) is 24.5 Å². The molecule has 2 aromatic carbocycles. The summed E-state index contributed by atoms with van der Waals surface area (Å²) in [5.41, 5.74) is 4.69. The second-order valence-corrected chi connectivity index (χ2v) is 11.0. The quantitative estimate of drug-likeness (QED) is 0.286. The van der Waals surface area contributed by atoms with Crippen LogP contribution in [0, 0.1) is 5.92 Å². The van der Waals surface area contributed by atoms with Gasteiger partial charge in [-0.15, -0.1) is 5.10 Å². The molecule has 2 saturated heterocycles. The fourth-order valence-corrected chi connectivity index (χ4v) is 6.07. The average molecular weight is 534 g/mol. The van der Waals surface area contributed by atoms with E-state index in [1.165, 1.54) is 11.3 Å². The van der Waals surface area contributed by atoms with E-state index < -0.39 is 0 Å². The molecule has 2 fully saturated rings. The van der Waals surface area contributed by atoms with E-state index in [0.29, 0.717) is 17.5 Å². The second kappa shape index (κ2) is 11.1. The van der Waals surface area contributed by atoms with Crippen LogP contribution in [0.3, 0.4) is 0 Å². The van der Waals surface area contributed by atoms with Crippen LogP contribution >= 0.6 is 0 Å². The van der Waals surface area contributed by atoms with Crippen LogP contribution < -0.4 is 9.80 Å². The third kappa shape index (κ3) is 5.19. The first-order valence-corrected chi connectivity index (χ1v) is 14.4. The Morgan fingerprint density at radius 1 is 0.775 bits per heavy atom. The molecule has 5 heterocycles. The summed E-state index contributed by atoms with van der Waals surface area (Å²) in [5, 5.41) is 4.90. The molecule has 0 N–H and O–H groups in total. The molecule has 204 valence electrons. The largest absolute Gasteiger partial charge is 0.461 e. The van der Waals surface area contributed by atoms with E-state index >= 15 is 0 Å². The van der Waals surface area contributed by atoms with Gasteiger partial charge in [0.2, 0.25) is 11.8 Å². The molecule has 0 bridgehead atoms. The summed E-state index contributed by atoms with van der Waals surface area (Å²) in [4.78, 5) is 17.3. The van der Waals surface area contributed by atoms with E-state index in [9.17, 15) is 0 Å². The van der Waals surface area contributed by atoms with Gasteiger partial charge in [0.15, 0.2) is 11.4 Å². The van der Waals surface area contributed by atoms with Gasteiger partial charge >= 0.3 is 0 Å². The standard InChI is InChI=1S/C32H35N7O/c1-3-8-25(9-4-1)22-26-13-15-38(16-14-26)32-33-23-27(31-34-30(35-39(31)32)29-12-7-21-40-29)24-36-17-19-37(20-18-36)28-10-5-2-6-11-28/h1-12,21,23,26H,13-20,22,24H2. The van der Waals surface area contributed by atoms with Gasteiger partial charge < -0.3 is 14.2 Å². The molecule has 2 aliphatic rings. The molecule has 0 atom stereocenters. The predicted octanol–water partition coefficient (Wildman–Crippen LogP) is 5.17. The summed E-state index contributed by atoms with van der Waals surface area (Å²) < 4.78 is 7.61. The number of anilines is 2. The van der Waals surface area contributed by atoms with Crippen LogP contribution in [0.25, 0.3) is 17.2 Å². The Hall–Kier alpha value is -4.17. The van der Waals surface area contributed by atoms with E-state index in [4.69, 9.17) is 19.5 Å². The predicted molar refractivity (Wildman–Crippen MR) is 157 cm³/mol. The number of nitrogens with zero attached hydrogens (tertiary/aromatic N) is 7. The first-order chi connectivity index (χ1) is 19.8. The van der Waals surface area contributed by atoms with Crippen LogP contribution in [-0.2, 0) is 13.0 Å². The minimum Gasteiger partial charge on any atom is -0.461 e. The Bertz CT molecular complexity index is 1520. The zero-order chi connectivity index (χ0) is 26.7. The Morgan fingerprint density at radius 3 is 2.25 bits per heavy atom. The van der Waals surface area contributed by atoms with Crippen molar-refractivity contribution in [2.24, 2.45) is 5.92 Å². The molecule has 0 amide bonds. The van der Waals surface area contributed by atoms with Crippen molar-refractivity contribution in [3.05, 3.63) is 96.4 Å². The molecule has 0 saturated carbocycles. The van der Waals surface area contributed by atoms with Gasteiger partial charge in [-0.2, -0.15) is 4.52 Å². The van der Waals surface area contributed by atoms with Crippen molar-refractivity contribution in [3.63, 3.8) is 0 Å². The van der Waals surface area contributed by atoms with Crippen LogP contribution in [0.15, 0.2) is 89.7 Å². The second-order valence-electron chi connectivity index (χ2n) is 11.0. The number of fused-ring (bicyclic) bond motifs is 1. The smallest absolute Gasteiger partial charge is 0.228 e. The van der Waals surface area contributed by atoms with E-state index in [0.717, 1.165) is 82.2 Å². The van der Waals surface area contributed by atoms with Gasteiger partial charge in [-0.3, -0.25) is 4.90 Å². The van der Waals surface area contributed by atoms with Crippen molar-refractivity contribution in [3.8, 4) is 11.6 Å². The van der Waals surface area contributed by atoms with Crippen LogP contribution in [-0.4, -0.2) is 63.8 Å². The third-order valence-corrected chi connectivity index (χ3v) is 8.31. The lowest BCUT2D eigenvalue weighted by Crippen LogP contribution is -2.46. The number of aromatic nitrogens is 4.